The maximum atomic E-state index is 11.9. The minimum Gasteiger partial charge on any atom is -0.480 e. The number of ether oxygens (including phenoxy) is 1. The Kier molecular flexibility index (Phi) is 7.74. The quantitative estimate of drug-likeness (QED) is 0.743. The number of halogens is 1. The van der Waals surface area contributed by atoms with E-state index in [0.717, 1.165) is 5.56 Å². The van der Waals surface area contributed by atoms with Gasteiger partial charge in [0.2, 0.25) is 0 Å². The molecule has 0 aliphatic heterocycles. The van der Waals surface area contributed by atoms with Crippen molar-refractivity contribution >= 4 is 24.5 Å². The molecule has 0 aromatic heterocycles. The van der Waals surface area contributed by atoms with Gasteiger partial charge in [-0.3, -0.25) is 4.79 Å². The number of hydrogen-bond donors (Lipinski definition) is 3. The number of alkyl carbamates (subject to hydrolysis) is 1. The van der Waals surface area contributed by atoms with Crippen LogP contribution in [0.5, 0.6) is 0 Å². The lowest BCUT2D eigenvalue weighted by Crippen LogP contribution is -2.45. The number of benzene rings is 2. The van der Waals surface area contributed by atoms with Crippen LogP contribution in [0.15, 0.2) is 60.7 Å². The predicted octanol–water partition coefficient (Wildman–Crippen LogP) is 2.49. The number of carbonyl (C=O) groups excluding carboxylic acids is 1. The van der Waals surface area contributed by atoms with Crippen molar-refractivity contribution in [2.45, 2.75) is 18.7 Å². The van der Waals surface area contributed by atoms with E-state index in [9.17, 15) is 9.59 Å². The number of nitrogens with two attached hydrogens (primary N) is 1. The predicted molar refractivity (Wildman–Crippen MR) is 91.8 cm³/mol. The van der Waals surface area contributed by atoms with Crippen LogP contribution in [0.1, 0.15) is 17.2 Å². The topological polar surface area (TPSA) is 102 Å². The van der Waals surface area contributed by atoms with Crippen LogP contribution in [0.4, 0.5) is 4.79 Å². The van der Waals surface area contributed by atoms with E-state index in [4.69, 9.17) is 15.6 Å². The van der Waals surface area contributed by atoms with Gasteiger partial charge in [0.05, 0.1) is 6.04 Å². The molecule has 2 aromatic rings. The SMILES string of the molecule is Cl.N[C@H](C(=O)O)[C@H](NC(=O)OCc1ccccc1)c1ccccc1. The molecule has 0 spiro atoms. The second-order valence-corrected chi connectivity index (χ2v) is 4.96. The Labute approximate surface area is 146 Å². The summed E-state index contributed by atoms with van der Waals surface area (Å²) in [6.07, 6.45) is -0.723. The van der Waals surface area contributed by atoms with Crippen LogP contribution in [0, 0.1) is 0 Å². The molecule has 2 aromatic carbocycles. The highest BCUT2D eigenvalue weighted by Crippen LogP contribution is 2.16. The zero-order valence-corrected chi connectivity index (χ0v) is 13.6. The fourth-order valence-corrected chi connectivity index (χ4v) is 2.08. The van der Waals surface area contributed by atoms with E-state index in [2.05, 4.69) is 5.32 Å². The van der Waals surface area contributed by atoms with Crippen LogP contribution in [0.2, 0.25) is 0 Å². The number of carbonyl (C=O) groups is 2. The monoisotopic (exact) mass is 350 g/mol. The van der Waals surface area contributed by atoms with Gasteiger partial charge in [-0.15, -0.1) is 12.4 Å². The highest BCUT2D eigenvalue weighted by molar-refractivity contribution is 5.85. The van der Waals surface area contributed by atoms with Crippen LogP contribution in [0.25, 0.3) is 0 Å². The molecular weight excluding hydrogens is 332 g/mol. The van der Waals surface area contributed by atoms with Crippen LogP contribution in [-0.4, -0.2) is 23.2 Å². The molecule has 0 aliphatic rings. The maximum Gasteiger partial charge on any atom is 0.408 e. The van der Waals surface area contributed by atoms with E-state index >= 15 is 0 Å². The van der Waals surface area contributed by atoms with E-state index in [0.29, 0.717) is 5.56 Å². The minimum absolute atomic E-state index is 0. The molecule has 6 nitrogen and oxygen atoms in total. The first-order valence-corrected chi connectivity index (χ1v) is 7.08. The molecule has 4 N–H and O–H groups in total. The minimum atomic E-state index is -1.28. The molecule has 2 rings (SSSR count). The number of hydrogen-bond acceptors (Lipinski definition) is 4. The van der Waals surface area contributed by atoms with Crippen LogP contribution in [0.3, 0.4) is 0 Å². The molecule has 0 heterocycles. The highest BCUT2D eigenvalue weighted by Gasteiger charge is 2.27. The highest BCUT2D eigenvalue weighted by atomic mass is 35.5. The number of rotatable bonds is 6. The molecule has 0 radical (unpaired) electrons. The summed E-state index contributed by atoms with van der Waals surface area (Å²) in [6.45, 7) is 0.0937. The molecule has 7 heteroatoms. The third kappa shape index (κ3) is 5.57. The summed E-state index contributed by atoms with van der Waals surface area (Å²) in [4.78, 5) is 23.1. The summed E-state index contributed by atoms with van der Waals surface area (Å²) in [7, 11) is 0. The van der Waals surface area contributed by atoms with Gasteiger partial charge in [-0.05, 0) is 11.1 Å². The van der Waals surface area contributed by atoms with Gasteiger partial charge in [0, 0.05) is 0 Å². The van der Waals surface area contributed by atoms with Crippen molar-refractivity contribution < 1.29 is 19.4 Å². The lowest BCUT2D eigenvalue weighted by molar-refractivity contribution is -0.139. The molecule has 1 amide bonds. The van der Waals surface area contributed by atoms with E-state index in [-0.39, 0.29) is 19.0 Å². The molecule has 0 saturated heterocycles. The maximum absolute atomic E-state index is 11.9. The van der Waals surface area contributed by atoms with Crippen molar-refractivity contribution in [1.29, 1.82) is 0 Å². The molecule has 0 unspecified atom stereocenters. The number of aliphatic carboxylic acids is 1. The van der Waals surface area contributed by atoms with E-state index in [1.807, 2.05) is 30.3 Å². The molecule has 0 bridgehead atoms. The van der Waals surface area contributed by atoms with Gasteiger partial charge in [0.1, 0.15) is 12.6 Å². The largest absolute Gasteiger partial charge is 0.480 e. The van der Waals surface area contributed by atoms with Crippen molar-refractivity contribution in [3.8, 4) is 0 Å². The normalized spacial score (nSPS) is 12.4. The van der Waals surface area contributed by atoms with E-state index in [1.165, 1.54) is 0 Å². The second kappa shape index (κ2) is 9.54. The first-order chi connectivity index (χ1) is 11.1. The molecular formula is C17H19ClN2O4. The Bertz CT molecular complexity index is 652. The van der Waals surface area contributed by atoms with Gasteiger partial charge in [-0.1, -0.05) is 60.7 Å². The summed E-state index contributed by atoms with van der Waals surface area (Å²) in [5.41, 5.74) is 7.11. The van der Waals surface area contributed by atoms with Crippen molar-refractivity contribution in [2.75, 3.05) is 0 Å². The van der Waals surface area contributed by atoms with Crippen LogP contribution in [-0.2, 0) is 16.1 Å². The van der Waals surface area contributed by atoms with Crippen molar-refractivity contribution in [1.82, 2.24) is 5.32 Å². The Hall–Kier alpha value is -2.57. The van der Waals surface area contributed by atoms with Crippen LogP contribution < -0.4 is 11.1 Å². The summed E-state index contributed by atoms with van der Waals surface area (Å²) in [6, 6.07) is 15.7. The molecule has 128 valence electrons. The van der Waals surface area contributed by atoms with Gasteiger partial charge in [0.15, 0.2) is 0 Å². The van der Waals surface area contributed by atoms with E-state index < -0.39 is 24.1 Å². The Morgan fingerprint density at radius 1 is 1.04 bits per heavy atom. The average Bonchev–Trinajstić information content (AvgIpc) is 2.59. The number of amides is 1. The Morgan fingerprint density at radius 2 is 1.58 bits per heavy atom. The van der Waals surface area contributed by atoms with Crippen molar-refractivity contribution in [3.63, 3.8) is 0 Å². The molecule has 2 atom stereocenters. The second-order valence-electron chi connectivity index (χ2n) is 4.96. The first kappa shape index (κ1) is 19.5. The third-order valence-electron chi connectivity index (χ3n) is 3.29. The van der Waals surface area contributed by atoms with E-state index in [1.54, 1.807) is 30.3 Å². The van der Waals surface area contributed by atoms with Crippen LogP contribution >= 0.6 is 12.4 Å². The zero-order valence-electron chi connectivity index (χ0n) is 12.8. The lowest BCUT2D eigenvalue weighted by atomic mass is 10.0. The Balaban J connectivity index is 0.00000288. The molecule has 24 heavy (non-hydrogen) atoms. The summed E-state index contributed by atoms with van der Waals surface area (Å²) < 4.78 is 5.11. The lowest BCUT2D eigenvalue weighted by Gasteiger charge is -2.22. The summed E-state index contributed by atoms with van der Waals surface area (Å²) >= 11 is 0. The average molecular weight is 351 g/mol. The van der Waals surface area contributed by atoms with Crippen molar-refractivity contribution in [3.05, 3.63) is 71.8 Å². The van der Waals surface area contributed by atoms with Crippen molar-refractivity contribution in [2.24, 2.45) is 5.73 Å². The summed E-state index contributed by atoms with van der Waals surface area (Å²) in [5.74, 6) is -1.21. The fraction of sp³-hybridized carbons (Fsp3) is 0.176. The number of carboxylic acids is 1. The molecule has 0 aliphatic carbocycles. The summed E-state index contributed by atoms with van der Waals surface area (Å²) in [5, 5.41) is 11.6. The van der Waals surface area contributed by atoms with Gasteiger partial charge >= 0.3 is 12.1 Å². The molecule has 0 saturated carbocycles. The van der Waals surface area contributed by atoms with Gasteiger partial charge in [-0.25, -0.2) is 4.79 Å². The van der Waals surface area contributed by atoms with Gasteiger partial charge < -0.3 is 20.9 Å². The number of carboxylic acid groups (broad SMARTS) is 1. The first-order valence-electron chi connectivity index (χ1n) is 7.08. The fourth-order valence-electron chi connectivity index (χ4n) is 2.08. The zero-order chi connectivity index (χ0) is 16.7. The third-order valence-corrected chi connectivity index (χ3v) is 3.29. The number of nitrogens with one attached hydrogen (secondary N) is 1. The standard InChI is InChI=1S/C17H18N2O4.ClH/c18-14(16(20)21)15(13-9-5-2-6-10-13)19-17(22)23-11-12-7-3-1-4-8-12;/h1-10,14-15H,11,18H2,(H,19,22)(H,20,21);1H/t14-,15+;/m0./s1. The Morgan fingerprint density at radius 3 is 2.12 bits per heavy atom. The smallest absolute Gasteiger partial charge is 0.408 e. The van der Waals surface area contributed by atoms with Gasteiger partial charge in [-0.2, -0.15) is 0 Å². The van der Waals surface area contributed by atoms with Gasteiger partial charge in [0.25, 0.3) is 0 Å². The molecule has 0 fully saturated rings.